The van der Waals surface area contributed by atoms with Gasteiger partial charge in [0.05, 0.1) is 16.1 Å². The number of nitroso groups, excluding NO2 is 1. The van der Waals surface area contributed by atoms with E-state index in [1.807, 2.05) is 32.0 Å². The first kappa shape index (κ1) is 23.0. The van der Waals surface area contributed by atoms with E-state index in [0.717, 1.165) is 11.1 Å². The van der Waals surface area contributed by atoms with Gasteiger partial charge < -0.3 is 5.32 Å². The third kappa shape index (κ3) is 5.34. The van der Waals surface area contributed by atoms with Crippen molar-refractivity contribution in [2.75, 3.05) is 10.0 Å². The van der Waals surface area contributed by atoms with Gasteiger partial charge in [0.2, 0.25) is 0 Å². The molecular formula is C22H20N4O4S2. The molecule has 0 radical (unpaired) electrons. The van der Waals surface area contributed by atoms with Crippen LogP contribution in [0.15, 0.2) is 76.8 Å². The minimum atomic E-state index is -3.79. The molecule has 0 bridgehead atoms. The van der Waals surface area contributed by atoms with Gasteiger partial charge in [-0.15, -0.1) is 4.91 Å². The summed E-state index contributed by atoms with van der Waals surface area (Å²) in [5.74, 6) is -0.588. The molecule has 3 rings (SSSR count). The Balaban J connectivity index is 1.68. The summed E-state index contributed by atoms with van der Waals surface area (Å²) in [7, 11) is -3.79. The molecular weight excluding hydrogens is 448 g/mol. The third-order valence-corrected chi connectivity index (χ3v) is 6.18. The highest BCUT2D eigenvalue weighted by molar-refractivity contribution is 7.92. The van der Waals surface area contributed by atoms with Crippen LogP contribution < -0.4 is 15.4 Å². The molecule has 0 aliphatic rings. The average molecular weight is 469 g/mol. The van der Waals surface area contributed by atoms with Crippen LogP contribution in [0.4, 0.5) is 17.1 Å². The first-order valence-corrected chi connectivity index (χ1v) is 11.3. The molecule has 0 spiro atoms. The van der Waals surface area contributed by atoms with Crippen LogP contribution in [0.25, 0.3) is 0 Å². The highest BCUT2D eigenvalue weighted by Crippen LogP contribution is 2.24. The molecule has 0 aliphatic heterocycles. The van der Waals surface area contributed by atoms with E-state index >= 15 is 0 Å². The van der Waals surface area contributed by atoms with Gasteiger partial charge in [0.1, 0.15) is 5.69 Å². The van der Waals surface area contributed by atoms with Gasteiger partial charge in [-0.1, -0.05) is 30.3 Å². The number of para-hydroxylation sites is 1. The predicted octanol–water partition coefficient (Wildman–Crippen LogP) is 4.63. The van der Waals surface area contributed by atoms with E-state index in [0.29, 0.717) is 11.4 Å². The second-order valence-corrected chi connectivity index (χ2v) is 9.00. The largest absolute Gasteiger partial charge is 0.332 e. The van der Waals surface area contributed by atoms with Gasteiger partial charge in [-0.05, 0) is 78.8 Å². The fourth-order valence-corrected chi connectivity index (χ4v) is 4.38. The number of aryl methyl sites for hydroxylation is 2. The Labute approximate surface area is 191 Å². The van der Waals surface area contributed by atoms with Crippen molar-refractivity contribution in [3.63, 3.8) is 0 Å². The molecule has 32 heavy (non-hydrogen) atoms. The summed E-state index contributed by atoms with van der Waals surface area (Å²) in [4.78, 5) is 23.2. The lowest BCUT2D eigenvalue weighted by atomic mass is 10.1. The smallest absolute Gasteiger partial charge is 0.261 e. The van der Waals surface area contributed by atoms with Crippen LogP contribution in [0.2, 0.25) is 0 Å². The van der Waals surface area contributed by atoms with Crippen molar-refractivity contribution in [3.05, 3.63) is 88.3 Å². The predicted molar refractivity (Wildman–Crippen MR) is 129 cm³/mol. The lowest BCUT2D eigenvalue weighted by Gasteiger charge is -2.14. The van der Waals surface area contributed by atoms with Crippen molar-refractivity contribution in [2.24, 2.45) is 5.18 Å². The molecule has 1 amide bonds. The Morgan fingerprint density at radius 1 is 0.906 bits per heavy atom. The Hall–Kier alpha value is -3.63. The lowest BCUT2D eigenvalue weighted by Crippen LogP contribution is -2.34. The summed E-state index contributed by atoms with van der Waals surface area (Å²) in [5.41, 5.74) is 2.75. The van der Waals surface area contributed by atoms with Gasteiger partial charge in [-0.2, -0.15) is 0 Å². The Morgan fingerprint density at radius 2 is 1.53 bits per heavy atom. The highest BCUT2D eigenvalue weighted by atomic mass is 32.2. The summed E-state index contributed by atoms with van der Waals surface area (Å²) in [6.07, 6.45) is 0. The van der Waals surface area contributed by atoms with Gasteiger partial charge >= 0.3 is 0 Å². The van der Waals surface area contributed by atoms with Gasteiger partial charge in [-0.25, -0.2) is 8.42 Å². The molecule has 0 atom stereocenters. The highest BCUT2D eigenvalue weighted by Gasteiger charge is 2.17. The van der Waals surface area contributed by atoms with Crippen molar-refractivity contribution in [1.29, 1.82) is 0 Å². The monoisotopic (exact) mass is 468 g/mol. The zero-order valence-corrected chi connectivity index (χ0v) is 18.9. The normalized spacial score (nSPS) is 10.8. The molecule has 0 saturated heterocycles. The Kier molecular flexibility index (Phi) is 6.96. The maximum atomic E-state index is 12.8. The number of anilines is 2. The zero-order valence-electron chi connectivity index (χ0n) is 17.2. The van der Waals surface area contributed by atoms with Gasteiger partial charge in [0.25, 0.3) is 15.9 Å². The summed E-state index contributed by atoms with van der Waals surface area (Å²) >= 11 is 5.13. The zero-order chi connectivity index (χ0) is 23.3. The van der Waals surface area contributed by atoms with Gasteiger partial charge in [0.15, 0.2) is 5.11 Å². The number of hydrogen-bond acceptors (Lipinski definition) is 6. The molecule has 8 nitrogen and oxygen atoms in total. The van der Waals surface area contributed by atoms with Crippen molar-refractivity contribution in [1.82, 2.24) is 5.32 Å². The second-order valence-electron chi connectivity index (χ2n) is 6.91. The van der Waals surface area contributed by atoms with Crippen LogP contribution in [0.1, 0.15) is 21.5 Å². The minimum Gasteiger partial charge on any atom is -0.332 e. The average Bonchev–Trinajstić information content (AvgIpc) is 2.76. The van der Waals surface area contributed by atoms with E-state index in [2.05, 4.69) is 20.5 Å². The summed E-state index contributed by atoms with van der Waals surface area (Å²) < 4.78 is 28.1. The van der Waals surface area contributed by atoms with E-state index in [-0.39, 0.29) is 21.3 Å². The molecule has 0 fully saturated rings. The van der Waals surface area contributed by atoms with Crippen molar-refractivity contribution in [2.45, 2.75) is 18.7 Å². The molecule has 164 valence electrons. The van der Waals surface area contributed by atoms with Crippen molar-refractivity contribution in [3.8, 4) is 0 Å². The summed E-state index contributed by atoms with van der Waals surface area (Å²) in [6, 6.07) is 17.5. The maximum absolute atomic E-state index is 12.8. The van der Waals surface area contributed by atoms with E-state index in [1.54, 1.807) is 12.1 Å². The Bertz CT molecular complexity index is 1270. The molecule has 0 aromatic heterocycles. The van der Waals surface area contributed by atoms with Crippen LogP contribution in [0, 0.1) is 18.8 Å². The molecule has 3 aromatic rings. The van der Waals surface area contributed by atoms with Crippen LogP contribution >= 0.6 is 12.2 Å². The van der Waals surface area contributed by atoms with Gasteiger partial charge in [0, 0.05) is 5.69 Å². The molecule has 0 aliphatic carbocycles. The lowest BCUT2D eigenvalue weighted by molar-refractivity contribution is 0.0978. The number of benzene rings is 3. The molecule has 3 N–H and O–H groups in total. The number of thiocarbonyl (C=S) groups is 1. The number of rotatable bonds is 6. The first-order chi connectivity index (χ1) is 15.2. The second kappa shape index (κ2) is 9.67. The SMILES string of the molecule is Cc1cccc(C)c1NS(=O)(=O)c1ccc(NC(=S)NC(=O)c2ccccc2N=O)cc1. The molecule has 0 heterocycles. The fraction of sp³-hybridized carbons (Fsp3) is 0.0909. The third-order valence-electron chi connectivity index (χ3n) is 4.61. The van der Waals surface area contributed by atoms with E-state index in [9.17, 15) is 18.1 Å². The number of amides is 1. The number of hydrogen-bond donors (Lipinski definition) is 3. The minimum absolute atomic E-state index is 0.00116. The molecule has 3 aromatic carbocycles. The molecule has 10 heteroatoms. The number of carbonyl (C=O) groups excluding carboxylic acids is 1. The van der Waals surface area contributed by atoms with E-state index in [4.69, 9.17) is 12.2 Å². The number of sulfonamides is 1. The van der Waals surface area contributed by atoms with Crippen LogP contribution in [-0.4, -0.2) is 19.4 Å². The van der Waals surface area contributed by atoms with Crippen LogP contribution in [0.3, 0.4) is 0 Å². The Morgan fingerprint density at radius 3 is 2.16 bits per heavy atom. The summed E-state index contributed by atoms with van der Waals surface area (Å²) in [6.45, 7) is 3.66. The van der Waals surface area contributed by atoms with Crippen molar-refractivity contribution < 1.29 is 13.2 Å². The summed E-state index contributed by atoms with van der Waals surface area (Å²) in [5, 5.41) is 8.07. The molecule has 0 saturated carbocycles. The standard InChI is InChI=1S/C22H20N4O4S2/c1-14-6-5-7-15(2)20(14)26-32(29,30)17-12-10-16(11-13-17)23-22(31)24-21(27)18-8-3-4-9-19(18)25-28/h3-13,26H,1-2H3,(H2,23,24,27,31). The van der Waals surface area contributed by atoms with E-state index < -0.39 is 15.9 Å². The van der Waals surface area contributed by atoms with Gasteiger partial charge in [-0.3, -0.25) is 14.8 Å². The maximum Gasteiger partial charge on any atom is 0.261 e. The molecule has 0 unspecified atom stereocenters. The van der Waals surface area contributed by atoms with Crippen LogP contribution in [0.5, 0.6) is 0 Å². The van der Waals surface area contributed by atoms with Crippen LogP contribution in [-0.2, 0) is 10.0 Å². The first-order valence-electron chi connectivity index (χ1n) is 9.45. The number of nitrogens with zero attached hydrogens (tertiary/aromatic N) is 1. The number of nitrogens with one attached hydrogen (secondary N) is 3. The number of carbonyl (C=O) groups is 1. The fourth-order valence-electron chi connectivity index (χ4n) is 2.96. The quantitative estimate of drug-likeness (QED) is 0.359. The topological polar surface area (TPSA) is 117 Å². The van der Waals surface area contributed by atoms with Crippen molar-refractivity contribution >= 4 is 50.3 Å². The van der Waals surface area contributed by atoms with E-state index in [1.165, 1.54) is 36.4 Å².